The highest BCUT2D eigenvalue weighted by Gasteiger charge is 2.35. The van der Waals surface area contributed by atoms with Crippen LogP contribution in [0.4, 0.5) is 0 Å². The van der Waals surface area contributed by atoms with Crippen molar-refractivity contribution in [2.24, 2.45) is 5.41 Å². The molecule has 1 aromatic rings. The topological polar surface area (TPSA) is 21.3 Å². The number of nitrogens with one attached hydrogen (secondary N) is 1. The molecule has 2 aliphatic carbocycles. The Kier molecular flexibility index (Phi) is 4.54. The summed E-state index contributed by atoms with van der Waals surface area (Å²) in [5.41, 5.74) is 2.06. The molecule has 21 heavy (non-hydrogen) atoms. The predicted octanol–water partition coefficient (Wildman–Crippen LogP) is 4.50. The third kappa shape index (κ3) is 3.26. The Morgan fingerprint density at radius 2 is 2.00 bits per heavy atom. The molecule has 0 saturated heterocycles. The molecule has 0 radical (unpaired) electrons. The van der Waals surface area contributed by atoms with Crippen LogP contribution in [0.5, 0.6) is 5.75 Å². The van der Waals surface area contributed by atoms with Gasteiger partial charge in [0.25, 0.3) is 0 Å². The van der Waals surface area contributed by atoms with Crippen LogP contribution < -0.4 is 10.1 Å². The van der Waals surface area contributed by atoms with Crippen LogP contribution in [0, 0.1) is 5.41 Å². The van der Waals surface area contributed by atoms with E-state index in [9.17, 15) is 0 Å². The van der Waals surface area contributed by atoms with Crippen LogP contribution in [0.3, 0.4) is 0 Å². The highest BCUT2D eigenvalue weighted by Crippen LogP contribution is 2.42. The lowest BCUT2D eigenvalue weighted by atomic mass is 9.75. The first-order valence-corrected chi connectivity index (χ1v) is 8.62. The number of methoxy groups -OCH3 is 1. The maximum absolute atomic E-state index is 5.33. The van der Waals surface area contributed by atoms with Gasteiger partial charge in [0.05, 0.1) is 7.11 Å². The average Bonchev–Trinajstić information content (AvgIpc) is 2.95. The van der Waals surface area contributed by atoms with Gasteiger partial charge in [0.1, 0.15) is 5.75 Å². The van der Waals surface area contributed by atoms with Crippen molar-refractivity contribution in [3.8, 4) is 5.75 Å². The summed E-state index contributed by atoms with van der Waals surface area (Å²) in [4.78, 5) is 0. The van der Waals surface area contributed by atoms with Crippen LogP contribution in [0.1, 0.15) is 63.4 Å². The van der Waals surface area contributed by atoms with Crippen LogP contribution in [-0.2, 0) is 0 Å². The van der Waals surface area contributed by atoms with Crippen molar-refractivity contribution in [2.75, 3.05) is 13.7 Å². The normalized spacial score (nSPS) is 27.3. The summed E-state index contributed by atoms with van der Waals surface area (Å²) in [6.45, 7) is 3.60. The van der Waals surface area contributed by atoms with Gasteiger partial charge in [0, 0.05) is 12.6 Å². The van der Waals surface area contributed by atoms with Crippen LogP contribution >= 0.6 is 0 Å². The first-order valence-electron chi connectivity index (χ1n) is 8.62. The quantitative estimate of drug-likeness (QED) is 0.831. The minimum Gasteiger partial charge on any atom is -0.497 e. The molecule has 2 nitrogen and oxygen atoms in total. The van der Waals surface area contributed by atoms with Gasteiger partial charge in [-0.1, -0.05) is 31.9 Å². The summed E-state index contributed by atoms with van der Waals surface area (Å²) < 4.78 is 5.33. The second-order valence-corrected chi connectivity index (χ2v) is 7.08. The second kappa shape index (κ2) is 6.39. The number of hydrogen-bond acceptors (Lipinski definition) is 2. The van der Waals surface area contributed by atoms with E-state index in [2.05, 4.69) is 30.4 Å². The molecule has 0 amide bonds. The van der Waals surface area contributed by atoms with Gasteiger partial charge in [-0.2, -0.15) is 0 Å². The van der Waals surface area contributed by atoms with Crippen LogP contribution in [0.2, 0.25) is 0 Å². The zero-order valence-corrected chi connectivity index (χ0v) is 13.5. The molecule has 0 atom stereocenters. The maximum atomic E-state index is 5.33. The molecule has 0 spiro atoms. The van der Waals surface area contributed by atoms with Crippen molar-refractivity contribution in [3.05, 3.63) is 29.8 Å². The average molecular weight is 287 g/mol. The van der Waals surface area contributed by atoms with Gasteiger partial charge in [0.15, 0.2) is 0 Å². The standard InChI is InChI=1S/C19H29NO/c1-3-19(9-4-5-10-19)14-20-17-11-16(12-17)15-7-6-8-18(13-15)21-2/h6-8,13,16-17,20H,3-5,9-12,14H2,1-2H3. The molecule has 0 aromatic heterocycles. The molecule has 0 unspecified atom stereocenters. The summed E-state index contributed by atoms with van der Waals surface area (Å²) in [5, 5.41) is 3.85. The van der Waals surface area contributed by atoms with E-state index in [1.165, 1.54) is 57.1 Å². The SMILES string of the molecule is CCC1(CNC2CC(c3cccc(OC)c3)C2)CCCC1. The highest BCUT2D eigenvalue weighted by atomic mass is 16.5. The molecule has 2 aliphatic rings. The minimum atomic E-state index is 0.612. The first kappa shape index (κ1) is 14.9. The molecule has 116 valence electrons. The van der Waals surface area contributed by atoms with E-state index in [0.717, 1.165) is 17.7 Å². The lowest BCUT2D eigenvalue weighted by molar-refractivity contribution is 0.213. The van der Waals surface area contributed by atoms with Crippen LogP contribution in [0.25, 0.3) is 0 Å². The van der Waals surface area contributed by atoms with Crippen molar-refractivity contribution in [1.29, 1.82) is 0 Å². The molecular formula is C19H29NO. The van der Waals surface area contributed by atoms with Crippen molar-refractivity contribution in [1.82, 2.24) is 5.32 Å². The van der Waals surface area contributed by atoms with E-state index in [4.69, 9.17) is 4.74 Å². The largest absolute Gasteiger partial charge is 0.497 e. The van der Waals surface area contributed by atoms with Gasteiger partial charge in [-0.25, -0.2) is 0 Å². The summed E-state index contributed by atoms with van der Waals surface area (Å²) in [6, 6.07) is 9.31. The maximum Gasteiger partial charge on any atom is 0.119 e. The molecule has 0 heterocycles. The van der Waals surface area contributed by atoms with E-state index in [0.29, 0.717) is 5.41 Å². The Labute approximate surface area is 129 Å². The molecule has 1 aromatic carbocycles. The monoisotopic (exact) mass is 287 g/mol. The Morgan fingerprint density at radius 3 is 2.67 bits per heavy atom. The summed E-state index contributed by atoms with van der Waals surface area (Å²) in [6.07, 6.45) is 9.65. The fraction of sp³-hybridized carbons (Fsp3) is 0.684. The molecule has 2 saturated carbocycles. The number of hydrogen-bond donors (Lipinski definition) is 1. The van der Waals surface area contributed by atoms with Gasteiger partial charge in [-0.05, 0) is 61.1 Å². The third-order valence-electron chi connectivity index (χ3n) is 5.88. The Bertz CT molecular complexity index is 458. The fourth-order valence-corrected chi connectivity index (χ4v) is 4.09. The fourth-order valence-electron chi connectivity index (χ4n) is 4.09. The van der Waals surface area contributed by atoms with Crippen LogP contribution in [-0.4, -0.2) is 19.7 Å². The molecule has 3 rings (SSSR count). The zero-order chi connectivity index (χ0) is 14.7. The van der Waals surface area contributed by atoms with Crippen molar-refractivity contribution < 1.29 is 4.74 Å². The second-order valence-electron chi connectivity index (χ2n) is 7.08. The van der Waals surface area contributed by atoms with E-state index >= 15 is 0 Å². The Morgan fingerprint density at radius 1 is 1.24 bits per heavy atom. The number of ether oxygens (including phenoxy) is 1. The van der Waals surface area contributed by atoms with Crippen LogP contribution in [0.15, 0.2) is 24.3 Å². The number of benzene rings is 1. The lowest BCUT2D eigenvalue weighted by Crippen LogP contribution is -2.44. The van der Waals surface area contributed by atoms with Crippen molar-refractivity contribution in [3.63, 3.8) is 0 Å². The third-order valence-corrected chi connectivity index (χ3v) is 5.88. The lowest BCUT2D eigenvalue weighted by Gasteiger charge is -2.39. The van der Waals surface area contributed by atoms with E-state index in [-0.39, 0.29) is 0 Å². The summed E-state index contributed by atoms with van der Waals surface area (Å²) in [7, 11) is 1.75. The minimum absolute atomic E-state index is 0.612. The summed E-state index contributed by atoms with van der Waals surface area (Å²) in [5.74, 6) is 1.71. The van der Waals surface area contributed by atoms with Gasteiger partial charge < -0.3 is 10.1 Å². The highest BCUT2D eigenvalue weighted by molar-refractivity contribution is 5.32. The van der Waals surface area contributed by atoms with Gasteiger partial charge in [-0.15, -0.1) is 0 Å². The molecular weight excluding hydrogens is 258 g/mol. The first-order chi connectivity index (χ1) is 10.2. The molecule has 0 aliphatic heterocycles. The Hall–Kier alpha value is -1.02. The van der Waals surface area contributed by atoms with E-state index < -0.39 is 0 Å². The van der Waals surface area contributed by atoms with Crippen molar-refractivity contribution >= 4 is 0 Å². The van der Waals surface area contributed by atoms with Gasteiger partial charge in [-0.3, -0.25) is 0 Å². The Balaban J connectivity index is 1.47. The van der Waals surface area contributed by atoms with Gasteiger partial charge >= 0.3 is 0 Å². The van der Waals surface area contributed by atoms with Gasteiger partial charge in [0.2, 0.25) is 0 Å². The number of rotatable bonds is 6. The van der Waals surface area contributed by atoms with E-state index in [1.54, 1.807) is 7.11 Å². The van der Waals surface area contributed by atoms with Crippen molar-refractivity contribution in [2.45, 2.75) is 63.8 Å². The predicted molar refractivity (Wildman–Crippen MR) is 88.0 cm³/mol. The zero-order valence-electron chi connectivity index (χ0n) is 13.5. The molecule has 1 N–H and O–H groups in total. The molecule has 2 fully saturated rings. The smallest absolute Gasteiger partial charge is 0.119 e. The molecule has 2 heteroatoms. The van der Waals surface area contributed by atoms with E-state index in [1.807, 2.05) is 6.07 Å². The summed E-state index contributed by atoms with van der Waals surface area (Å²) >= 11 is 0. The molecule has 0 bridgehead atoms.